The molecule has 0 aliphatic rings. The maximum atomic E-state index is 11.9. The van der Waals surface area contributed by atoms with Crippen LogP contribution in [0.25, 0.3) is 0 Å². The van der Waals surface area contributed by atoms with E-state index >= 15 is 0 Å². The third kappa shape index (κ3) is 4.36. The summed E-state index contributed by atoms with van der Waals surface area (Å²) < 4.78 is 7.06. The van der Waals surface area contributed by atoms with Gasteiger partial charge < -0.3 is 19.7 Å². The number of aromatic nitrogens is 1. The zero-order chi connectivity index (χ0) is 15.9. The second kappa shape index (κ2) is 7.66. The van der Waals surface area contributed by atoms with E-state index in [0.717, 1.165) is 11.3 Å². The second-order valence-corrected chi connectivity index (χ2v) is 5.28. The van der Waals surface area contributed by atoms with Crippen LogP contribution in [0.1, 0.15) is 31.1 Å². The average Bonchev–Trinajstić information content (AvgIpc) is 3.07. The summed E-state index contributed by atoms with van der Waals surface area (Å²) in [7, 11) is 1.59. The number of rotatable bonds is 7. The van der Waals surface area contributed by atoms with Crippen LogP contribution in [-0.2, 0) is 4.79 Å². The quantitative estimate of drug-likeness (QED) is 0.825. The maximum Gasteiger partial charge on any atom is 0.222 e. The van der Waals surface area contributed by atoms with Crippen LogP contribution in [0.5, 0.6) is 5.75 Å². The zero-order valence-electron chi connectivity index (χ0n) is 12.9. The number of methoxy groups -OCH3 is 1. The SMILES string of the molecule is COc1ccc([C@@H](O)CNC(=O)C[C@H](C)n2cccc2)cc1. The first kappa shape index (κ1) is 16.1. The number of aliphatic hydroxyl groups excluding tert-OH is 1. The minimum Gasteiger partial charge on any atom is -0.497 e. The molecule has 0 saturated carbocycles. The fourth-order valence-corrected chi connectivity index (χ4v) is 2.24. The van der Waals surface area contributed by atoms with Crippen LogP contribution in [0.2, 0.25) is 0 Å². The van der Waals surface area contributed by atoms with E-state index in [1.807, 2.05) is 36.0 Å². The largest absolute Gasteiger partial charge is 0.497 e. The van der Waals surface area contributed by atoms with E-state index in [0.29, 0.717) is 6.42 Å². The molecule has 1 aromatic carbocycles. The minimum atomic E-state index is -0.725. The van der Waals surface area contributed by atoms with Crippen molar-refractivity contribution in [1.82, 2.24) is 9.88 Å². The lowest BCUT2D eigenvalue weighted by Crippen LogP contribution is -2.29. The van der Waals surface area contributed by atoms with Crippen molar-refractivity contribution in [3.05, 3.63) is 54.4 Å². The molecule has 118 valence electrons. The van der Waals surface area contributed by atoms with E-state index in [9.17, 15) is 9.90 Å². The van der Waals surface area contributed by atoms with Crippen LogP contribution in [0, 0.1) is 0 Å². The van der Waals surface area contributed by atoms with Crippen LogP contribution in [0.15, 0.2) is 48.8 Å². The molecule has 2 rings (SSSR count). The van der Waals surface area contributed by atoms with Crippen LogP contribution in [0.3, 0.4) is 0 Å². The Morgan fingerprint density at radius 3 is 2.50 bits per heavy atom. The number of benzene rings is 1. The van der Waals surface area contributed by atoms with Crippen LogP contribution in [0.4, 0.5) is 0 Å². The number of aliphatic hydroxyl groups is 1. The highest BCUT2D eigenvalue weighted by Crippen LogP contribution is 2.17. The van der Waals surface area contributed by atoms with E-state index in [4.69, 9.17) is 4.74 Å². The van der Waals surface area contributed by atoms with Crippen molar-refractivity contribution in [2.75, 3.05) is 13.7 Å². The molecule has 0 unspecified atom stereocenters. The van der Waals surface area contributed by atoms with Gasteiger partial charge in [0.1, 0.15) is 5.75 Å². The molecule has 0 fully saturated rings. The van der Waals surface area contributed by atoms with Gasteiger partial charge in [-0.25, -0.2) is 0 Å². The van der Waals surface area contributed by atoms with Gasteiger partial charge in [0, 0.05) is 31.4 Å². The molecular formula is C17H22N2O3. The van der Waals surface area contributed by atoms with Gasteiger partial charge in [-0.15, -0.1) is 0 Å². The molecule has 0 radical (unpaired) electrons. The van der Waals surface area contributed by atoms with Crippen molar-refractivity contribution < 1.29 is 14.6 Å². The van der Waals surface area contributed by atoms with Crippen molar-refractivity contribution in [2.24, 2.45) is 0 Å². The van der Waals surface area contributed by atoms with Gasteiger partial charge in [0.05, 0.1) is 13.2 Å². The van der Waals surface area contributed by atoms with Gasteiger partial charge >= 0.3 is 0 Å². The predicted octanol–water partition coefficient (Wildman–Crippen LogP) is 2.30. The number of carbonyl (C=O) groups is 1. The van der Waals surface area contributed by atoms with Crippen molar-refractivity contribution in [3.63, 3.8) is 0 Å². The number of hydrogen-bond donors (Lipinski definition) is 2. The molecule has 5 heteroatoms. The first-order chi connectivity index (χ1) is 10.6. The molecule has 5 nitrogen and oxygen atoms in total. The normalized spacial score (nSPS) is 13.4. The molecule has 22 heavy (non-hydrogen) atoms. The van der Waals surface area contributed by atoms with Gasteiger partial charge in [-0.1, -0.05) is 12.1 Å². The summed E-state index contributed by atoms with van der Waals surface area (Å²) in [4.78, 5) is 11.9. The Balaban J connectivity index is 1.79. The Morgan fingerprint density at radius 1 is 1.27 bits per heavy atom. The van der Waals surface area contributed by atoms with Gasteiger partial charge in [-0.3, -0.25) is 4.79 Å². The molecule has 0 aliphatic carbocycles. The lowest BCUT2D eigenvalue weighted by Gasteiger charge is -2.16. The summed E-state index contributed by atoms with van der Waals surface area (Å²) >= 11 is 0. The molecular weight excluding hydrogens is 280 g/mol. The standard InChI is InChI=1S/C17H22N2O3/c1-13(19-9-3-4-10-19)11-17(21)18-12-16(20)14-5-7-15(22-2)8-6-14/h3-10,13,16,20H,11-12H2,1-2H3,(H,18,21)/t13-,16-/m0/s1. The van der Waals surface area contributed by atoms with E-state index in [1.54, 1.807) is 31.4 Å². The van der Waals surface area contributed by atoms with Crippen molar-refractivity contribution >= 4 is 5.91 Å². The van der Waals surface area contributed by atoms with E-state index < -0.39 is 6.10 Å². The van der Waals surface area contributed by atoms with Gasteiger partial charge in [-0.05, 0) is 36.8 Å². The highest BCUT2D eigenvalue weighted by molar-refractivity contribution is 5.76. The van der Waals surface area contributed by atoms with Gasteiger partial charge in [0.15, 0.2) is 0 Å². The Kier molecular flexibility index (Phi) is 5.61. The topological polar surface area (TPSA) is 63.5 Å². The van der Waals surface area contributed by atoms with E-state index in [-0.39, 0.29) is 18.5 Å². The highest BCUT2D eigenvalue weighted by atomic mass is 16.5. The predicted molar refractivity (Wildman–Crippen MR) is 84.7 cm³/mol. The summed E-state index contributed by atoms with van der Waals surface area (Å²) in [6.45, 7) is 2.18. The third-order valence-electron chi connectivity index (χ3n) is 3.61. The lowest BCUT2D eigenvalue weighted by atomic mass is 10.1. The van der Waals surface area contributed by atoms with Crippen LogP contribution in [-0.4, -0.2) is 29.2 Å². The summed E-state index contributed by atoms with van der Waals surface area (Å²) in [6.07, 6.45) is 3.52. The summed E-state index contributed by atoms with van der Waals surface area (Å²) in [5.74, 6) is 0.661. The zero-order valence-corrected chi connectivity index (χ0v) is 12.9. The van der Waals surface area contributed by atoms with E-state index in [1.165, 1.54) is 0 Å². The Bertz CT molecular complexity index is 578. The first-order valence-corrected chi connectivity index (χ1v) is 7.31. The Labute approximate surface area is 130 Å². The molecule has 0 aliphatic heterocycles. The van der Waals surface area contributed by atoms with Crippen molar-refractivity contribution in [3.8, 4) is 5.75 Å². The lowest BCUT2D eigenvalue weighted by molar-refractivity contribution is -0.122. The third-order valence-corrected chi connectivity index (χ3v) is 3.61. The van der Waals surface area contributed by atoms with Gasteiger partial charge in [0.25, 0.3) is 0 Å². The first-order valence-electron chi connectivity index (χ1n) is 7.31. The molecule has 2 atom stereocenters. The fourth-order valence-electron chi connectivity index (χ4n) is 2.24. The number of carbonyl (C=O) groups excluding carboxylic acids is 1. The Hall–Kier alpha value is -2.27. The molecule has 2 N–H and O–H groups in total. The summed E-state index contributed by atoms with van der Waals surface area (Å²) in [6, 6.07) is 11.1. The number of ether oxygens (including phenoxy) is 1. The molecule has 2 aromatic rings. The number of nitrogens with one attached hydrogen (secondary N) is 1. The van der Waals surface area contributed by atoms with Crippen molar-refractivity contribution in [2.45, 2.75) is 25.5 Å². The van der Waals surface area contributed by atoms with Crippen molar-refractivity contribution in [1.29, 1.82) is 0 Å². The average molecular weight is 302 g/mol. The Morgan fingerprint density at radius 2 is 1.91 bits per heavy atom. The molecule has 1 heterocycles. The number of hydrogen-bond acceptors (Lipinski definition) is 3. The molecule has 0 bridgehead atoms. The van der Waals surface area contributed by atoms with Gasteiger partial charge in [0.2, 0.25) is 5.91 Å². The monoisotopic (exact) mass is 302 g/mol. The molecule has 1 amide bonds. The highest BCUT2D eigenvalue weighted by Gasteiger charge is 2.13. The smallest absolute Gasteiger partial charge is 0.222 e. The number of amides is 1. The number of nitrogens with zero attached hydrogens (tertiary/aromatic N) is 1. The fraction of sp³-hybridized carbons (Fsp3) is 0.353. The maximum absolute atomic E-state index is 11.9. The second-order valence-electron chi connectivity index (χ2n) is 5.28. The van der Waals surface area contributed by atoms with Gasteiger partial charge in [-0.2, -0.15) is 0 Å². The molecule has 0 spiro atoms. The summed E-state index contributed by atoms with van der Waals surface area (Å²) in [5, 5.41) is 12.9. The van der Waals surface area contributed by atoms with E-state index in [2.05, 4.69) is 5.32 Å². The minimum absolute atomic E-state index is 0.0752. The van der Waals surface area contributed by atoms with Crippen LogP contribution >= 0.6 is 0 Å². The molecule has 0 saturated heterocycles. The van der Waals surface area contributed by atoms with Crippen LogP contribution < -0.4 is 10.1 Å². The summed E-state index contributed by atoms with van der Waals surface area (Å²) in [5.41, 5.74) is 0.750. The molecule has 1 aromatic heterocycles.